The van der Waals surface area contributed by atoms with Crippen LogP contribution in [0.2, 0.25) is 0 Å². The molecule has 150 valence electrons. The third-order valence-electron chi connectivity index (χ3n) is 4.27. The molecule has 1 aliphatic heterocycles. The number of amides is 3. The molecule has 8 heteroatoms. The Morgan fingerprint density at radius 1 is 1.14 bits per heavy atom. The van der Waals surface area contributed by atoms with Gasteiger partial charge in [-0.25, -0.2) is 0 Å². The number of aliphatic hydroxyl groups is 1. The number of carbonyl (C=O) groups excluding carboxylic acids is 3. The molecule has 1 fully saturated rings. The quantitative estimate of drug-likeness (QED) is 0.704. The molecule has 1 aliphatic rings. The number of hydrogen-bond acceptors (Lipinski definition) is 6. The molecule has 1 heterocycles. The average Bonchev–Trinajstić information content (AvgIpc) is 3.00. The van der Waals surface area contributed by atoms with Gasteiger partial charge in [0, 0.05) is 12.2 Å². The predicted octanol–water partition coefficient (Wildman–Crippen LogP) is 2.76. The van der Waals surface area contributed by atoms with Crippen molar-refractivity contribution in [3.8, 4) is 5.75 Å². The number of rotatable bonds is 7. The first-order chi connectivity index (χ1) is 14.0. The highest BCUT2D eigenvalue weighted by Crippen LogP contribution is 2.32. The molecule has 0 atom stereocenters. The molecule has 0 unspecified atom stereocenters. The molecular formula is C21H20N2O5S. The summed E-state index contributed by atoms with van der Waals surface area (Å²) < 4.78 is 5.10. The van der Waals surface area contributed by atoms with E-state index in [4.69, 9.17) is 4.74 Å². The van der Waals surface area contributed by atoms with Gasteiger partial charge in [-0.2, -0.15) is 0 Å². The van der Waals surface area contributed by atoms with Gasteiger partial charge >= 0.3 is 0 Å². The van der Waals surface area contributed by atoms with E-state index < -0.39 is 17.1 Å². The lowest BCUT2D eigenvalue weighted by molar-refractivity contribution is -0.128. The number of imide groups is 1. The van der Waals surface area contributed by atoms with Crippen LogP contribution in [-0.4, -0.2) is 53.9 Å². The van der Waals surface area contributed by atoms with E-state index in [1.165, 1.54) is 4.90 Å². The molecule has 2 aromatic rings. The van der Waals surface area contributed by atoms with E-state index in [0.717, 1.165) is 22.2 Å². The van der Waals surface area contributed by atoms with Crippen molar-refractivity contribution in [3.63, 3.8) is 0 Å². The van der Waals surface area contributed by atoms with Gasteiger partial charge in [0.05, 0.1) is 18.6 Å². The average molecular weight is 412 g/mol. The first kappa shape index (κ1) is 20.6. The fraction of sp³-hybridized carbons (Fsp3) is 0.190. The summed E-state index contributed by atoms with van der Waals surface area (Å²) in [5.41, 5.74) is 1.33. The standard InChI is InChI=1S/C21H20N2O5S/c1-28-17-9-7-15(8-10-17)13-18-20(26)23(21(27)29-18)14-19(25)22(11-12-24)16-5-3-2-4-6-16/h2-10,13,24H,11-12,14H2,1H3/b18-13-. The van der Waals surface area contributed by atoms with Crippen molar-refractivity contribution in [1.29, 1.82) is 0 Å². The summed E-state index contributed by atoms with van der Waals surface area (Å²) in [6.45, 7) is -0.555. The van der Waals surface area contributed by atoms with Crippen LogP contribution < -0.4 is 9.64 Å². The monoisotopic (exact) mass is 412 g/mol. The summed E-state index contributed by atoms with van der Waals surface area (Å²) in [6.07, 6.45) is 1.61. The van der Waals surface area contributed by atoms with Crippen LogP contribution in [0.4, 0.5) is 10.5 Å². The van der Waals surface area contributed by atoms with Gasteiger partial charge in [0.15, 0.2) is 0 Å². The van der Waals surface area contributed by atoms with Crippen molar-refractivity contribution in [3.05, 3.63) is 65.1 Å². The Hall–Kier alpha value is -3.10. The molecule has 0 spiro atoms. The highest BCUT2D eigenvalue weighted by molar-refractivity contribution is 8.18. The van der Waals surface area contributed by atoms with Crippen molar-refractivity contribution in [1.82, 2.24) is 4.90 Å². The first-order valence-corrected chi connectivity index (χ1v) is 9.71. The van der Waals surface area contributed by atoms with Gasteiger partial charge in [0.25, 0.3) is 11.1 Å². The molecular weight excluding hydrogens is 392 g/mol. The van der Waals surface area contributed by atoms with Crippen LogP contribution in [0.25, 0.3) is 6.08 Å². The summed E-state index contributed by atoms with van der Waals surface area (Å²) in [7, 11) is 1.56. The Morgan fingerprint density at radius 3 is 2.45 bits per heavy atom. The smallest absolute Gasteiger partial charge is 0.294 e. The Morgan fingerprint density at radius 2 is 1.83 bits per heavy atom. The lowest BCUT2D eigenvalue weighted by atomic mass is 10.2. The fourth-order valence-corrected chi connectivity index (χ4v) is 3.65. The Balaban J connectivity index is 1.75. The van der Waals surface area contributed by atoms with Crippen LogP contribution >= 0.6 is 11.8 Å². The highest BCUT2D eigenvalue weighted by atomic mass is 32.2. The van der Waals surface area contributed by atoms with E-state index in [1.54, 1.807) is 61.7 Å². The largest absolute Gasteiger partial charge is 0.497 e. The maximum absolute atomic E-state index is 12.7. The van der Waals surface area contributed by atoms with Gasteiger partial charge in [-0.1, -0.05) is 30.3 Å². The minimum atomic E-state index is -0.513. The first-order valence-electron chi connectivity index (χ1n) is 8.89. The van der Waals surface area contributed by atoms with E-state index in [9.17, 15) is 19.5 Å². The normalized spacial score (nSPS) is 15.1. The van der Waals surface area contributed by atoms with E-state index >= 15 is 0 Å². The molecule has 29 heavy (non-hydrogen) atoms. The molecule has 0 aromatic heterocycles. The van der Waals surface area contributed by atoms with Crippen LogP contribution in [-0.2, 0) is 9.59 Å². The van der Waals surface area contributed by atoms with Crippen LogP contribution in [0.5, 0.6) is 5.75 Å². The molecule has 2 aromatic carbocycles. The van der Waals surface area contributed by atoms with E-state index in [-0.39, 0.29) is 24.6 Å². The van der Waals surface area contributed by atoms with Crippen molar-refractivity contribution in [2.75, 3.05) is 31.7 Å². The molecule has 0 bridgehead atoms. The summed E-state index contributed by atoms with van der Waals surface area (Å²) >= 11 is 0.797. The lowest BCUT2D eigenvalue weighted by Gasteiger charge is -2.23. The molecule has 1 N–H and O–H groups in total. The zero-order valence-electron chi connectivity index (χ0n) is 15.8. The number of thioether (sulfide) groups is 1. The van der Waals surface area contributed by atoms with Gasteiger partial charge < -0.3 is 14.7 Å². The zero-order chi connectivity index (χ0) is 20.8. The zero-order valence-corrected chi connectivity index (χ0v) is 16.6. The van der Waals surface area contributed by atoms with Gasteiger partial charge in [0.1, 0.15) is 12.3 Å². The minimum absolute atomic E-state index is 0.0702. The summed E-state index contributed by atoms with van der Waals surface area (Å²) in [5.74, 6) is -0.273. The maximum atomic E-state index is 12.7. The van der Waals surface area contributed by atoms with E-state index in [2.05, 4.69) is 0 Å². The number of ether oxygens (including phenoxy) is 1. The third-order valence-corrected chi connectivity index (χ3v) is 5.18. The molecule has 0 aliphatic carbocycles. The van der Waals surface area contributed by atoms with Gasteiger partial charge in [-0.3, -0.25) is 19.3 Å². The Bertz CT molecular complexity index is 928. The second kappa shape index (κ2) is 9.40. The molecule has 0 saturated carbocycles. The van der Waals surface area contributed by atoms with Crippen LogP contribution in [0.1, 0.15) is 5.56 Å². The molecule has 0 radical (unpaired) electrons. The summed E-state index contributed by atoms with van der Waals surface area (Å²) in [4.78, 5) is 40.3. The predicted molar refractivity (Wildman–Crippen MR) is 112 cm³/mol. The van der Waals surface area contributed by atoms with Crippen molar-refractivity contribution < 1.29 is 24.2 Å². The Kier molecular flexibility index (Phi) is 6.69. The summed E-state index contributed by atoms with van der Waals surface area (Å²) in [6, 6.07) is 15.9. The Labute approximate surface area is 172 Å². The van der Waals surface area contributed by atoms with Crippen LogP contribution in [0.15, 0.2) is 59.5 Å². The highest BCUT2D eigenvalue weighted by Gasteiger charge is 2.37. The second-order valence-electron chi connectivity index (χ2n) is 6.15. The molecule has 3 amide bonds. The van der Waals surface area contributed by atoms with Gasteiger partial charge in [-0.05, 0) is 47.7 Å². The number of aliphatic hydroxyl groups excluding tert-OH is 1. The fourth-order valence-electron chi connectivity index (χ4n) is 2.81. The number of benzene rings is 2. The van der Waals surface area contributed by atoms with Gasteiger partial charge in [-0.15, -0.1) is 0 Å². The second-order valence-corrected chi connectivity index (χ2v) is 7.14. The summed E-state index contributed by atoms with van der Waals surface area (Å²) in [5, 5.41) is 8.79. The van der Waals surface area contributed by atoms with Gasteiger partial charge in [0.2, 0.25) is 5.91 Å². The maximum Gasteiger partial charge on any atom is 0.294 e. The van der Waals surface area contributed by atoms with E-state index in [1.807, 2.05) is 6.07 Å². The molecule has 7 nitrogen and oxygen atoms in total. The number of anilines is 1. The number of hydrogen-bond donors (Lipinski definition) is 1. The van der Waals surface area contributed by atoms with Crippen molar-refractivity contribution in [2.24, 2.45) is 0 Å². The number of para-hydroxylation sites is 1. The van der Waals surface area contributed by atoms with Crippen LogP contribution in [0.3, 0.4) is 0 Å². The van der Waals surface area contributed by atoms with Crippen molar-refractivity contribution >= 4 is 40.6 Å². The number of nitrogens with zero attached hydrogens (tertiary/aromatic N) is 2. The van der Waals surface area contributed by atoms with Crippen LogP contribution in [0, 0.1) is 0 Å². The van der Waals surface area contributed by atoms with Crippen molar-refractivity contribution in [2.45, 2.75) is 0 Å². The number of methoxy groups -OCH3 is 1. The topological polar surface area (TPSA) is 87.2 Å². The molecule has 1 saturated heterocycles. The SMILES string of the molecule is COc1ccc(/C=C2\SC(=O)N(CC(=O)N(CCO)c3ccccc3)C2=O)cc1. The number of carbonyl (C=O) groups is 3. The third kappa shape index (κ3) is 4.85. The minimum Gasteiger partial charge on any atom is -0.497 e. The van der Waals surface area contributed by atoms with E-state index in [0.29, 0.717) is 11.4 Å². The lowest BCUT2D eigenvalue weighted by Crippen LogP contribution is -2.43. The molecule has 3 rings (SSSR count).